The van der Waals surface area contributed by atoms with E-state index in [4.69, 9.17) is 11.6 Å². The molecule has 0 unspecified atom stereocenters. The topological polar surface area (TPSA) is 15.3 Å². The third-order valence-corrected chi connectivity index (χ3v) is 3.89. The number of hydrogen-bond donors (Lipinski definition) is 1. The van der Waals surface area contributed by atoms with Gasteiger partial charge in [0.2, 0.25) is 0 Å². The Hall–Kier alpha value is -0.640. The van der Waals surface area contributed by atoms with Crippen LogP contribution in [0.25, 0.3) is 0 Å². The van der Waals surface area contributed by atoms with Gasteiger partial charge >= 0.3 is 0 Å². The zero-order valence-corrected chi connectivity index (χ0v) is 11.5. The first-order valence-electron chi connectivity index (χ1n) is 6.48. The van der Waals surface area contributed by atoms with Crippen molar-refractivity contribution >= 4 is 11.6 Å². The van der Waals surface area contributed by atoms with Crippen LogP contribution in [0.3, 0.4) is 0 Å². The lowest BCUT2D eigenvalue weighted by atomic mass is 9.97. The third kappa shape index (κ3) is 3.94. The number of likely N-dealkylation sites (tertiary alicyclic amines) is 1. The first kappa shape index (κ1) is 13.8. The molecule has 1 aromatic rings. The highest BCUT2D eigenvalue weighted by atomic mass is 35.5. The first-order chi connectivity index (χ1) is 8.65. The van der Waals surface area contributed by atoms with Gasteiger partial charge in [-0.2, -0.15) is 0 Å². The smallest absolute Gasteiger partial charge is 0.142 e. The second kappa shape index (κ2) is 6.50. The summed E-state index contributed by atoms with van der Waals surface area (Å²) in [6.45, 7) is 4.09. The van der Waals surface area contributed by atoms with Crippen LogP contribution in [0.15, 0.2) is 18.2 Å². The molecule has 0 aliphatic carbocycles. The molecule has 1 fully saturated rings. The van der Waals surface area contributed by atoms with E-state index in [0.29, 0.717) is 6.54 Å². The second-order valence-electron chi connectivity index (χ2n) is 5.13. The minimum absolute atomic E-state index is 0.189. The van der Waals surface area contributed by atoms with Crippen LogP contribution in [-0.2, 0) is 6.54 Å². The maximum absolute atomic E-state index is 13.2. The van der Waals surface area contributed by atoms with Crippen LogP contribution >= 0.6 is 11.6 Å². The molecule has 0 aromatic heterocycles. The lowest BCUT2D eigenvalue weighted by molar-refractivity contribution is 0.216. The molecule has 18 heavy (non-hydrogen) atoms. The lowest BCUT2D eigenvalue weighted by Crippen LogP contribution is -2.34. The highest BCUT2D eigenvalue weighted by molar-refractivity contribution is 6.30. The fraction of sp³-hybridized carbons (Fsp3) is 0.571. The Morgan fingerprint density at radius 3 is 2.78 bits per heavy atom. The van der Waals surface area contributed by atoms with Crippen molar-refractivity contribution < 1.29 is 4.39 Å². The maximum Gasteiger partial charge on any atom is 0.142 e. The summed E-state index contributed by atoms with van der Waals surface area (Å²) < 4.78 is 13.2. The van der Waals surface area contributed by atoms with Crippen molar-refractivity contribution in [3.63, 3.8) is 0 Å². The molecule has 0 radical (unpaired) electrons. The van der Waals surface area contributed by atoms with E-state index in [9.17, 15) is 4.39 Å². The predicted octanol–water partition coefficient (Wildman–Crippen LogP) is 2.91. The standard InChI is InChI=1S/C14H20ClFN2/c1-18-6-4-11(5-7-18)9-17-10-12-2-3-13(15)14(16)8-12/h2-3,8,11,17H,4-7,9-10H2,1H3. The zero-order chi connectivity index (χ0) is 13.0. The summed E-state index contributed by atoms with van der Waals surface area (Å²) in [7, 11) is 2.17. The Balaban J connectivity index is 1.73. The van der Waals surface area contributed by atoms with Crippen LogP contribution in [0, 0.1) is 11.7 Å². The van der Waals surface area contributed by atoms with Gasteiger partial charge in [-0.05, 0) is 63.1 Å². The van der Waals surface area contributed by atoms with Gasteiger partial charge in [-0.3, -0.25) is 0 Å². The van der Waals surface area contributed by atoms with E-state index in [1.165, 1.54) is 32.0 Å². The van der Waals surface area contributed by atoms with Crippen molar-refractivity contribution in [2.45, 2.75) is 19.4 Å². The molecule has 1 aliphatic rings. The Labute approximate surface area is 113 Å². The predicted molar refractivity (Wildman–Crippen MR) is 73.3 cm³/mol. The summed E-state index contributed by atoms with van der Waals surface area (Å²) in [6, 6.07) is 4.99. The highest BCUT2D eigenvalue weighted by Gasteiger charge is 2.15. The van der Waals surface area contributed by atoms with Gasteiger partial charge in [-0.15, -0.1) is 0 Å². The van der Waals surface area contributed by atoms with Crippen LogP contribution in [-0.4, -0.2) is 31.6 Å². The maximum atomic E-state index is 13.2. The second-order valence-corrected chi connectivity index (χ2v) is 5.53. The number of rotatable bonds is 4. The van der Waals surface area contributed by atoms with Crippen molar-refractivity contribution in [2.75, 3.05) is 26.7 Å². The van der Waals surface area contributed by atoms with E-state index in [1.807, 2.05) is 6.07 Å². The van der Waals surface area contributed by atoms with Gasteiger partial charge in [-0.1, -0.05) is 17.7 Å². The fourth-order valence-electron chi connectivity index (χ4n) is 2.34. The van der Waals surface area contributed by atoms with Gasteiger partial charge in [0.1, 0.15) is 5.82 Å². The number of halogens is 2. The van der Waals surface area contributed by atoms with Gasteiger partial charge in [-0.25, -0.2) is 4.39 Å². The minimum Gasteiger partial charge on any atom is -0.312 e. The zero-order valence-electron chi connectivity index (χ0n) is 10.8. The average Bonchev–Trinajstić information content (AvgIpc) is 2.36. The molecule has 0 amide bonds. The molecule has 1 aliphatic heterocycles. The van der Waals surface area contributed by atoms with Crippen molar-refractivity contribution in [3.8, 4) is 0 Å². The number of benzene rings is 1. The fourth-order valence-corrected chi connectivity index (χ4v) is 2.45. The molecule has 1 heterocycles. The molecular weight excluding hydrogens is 251 g/mol. The van der Waals surface area contributed by atoms with Crippen molar-refractivity contribution in [2.24, 2.45) is 5.92 Å². The van der Waals surface area contributed by atoms with Crippen molar-refractivity contribution in [3.05, 3.63) is 34.6 Å². The molecule has 4 heteroatoms. The Morgan fingerprint density at radius 1 is 1.39 bits per heavy atom. The number of nitrogens with zero attached hydrogens (tertiary/aromatic N) is 1. The Kier molecular flexibility index (Phi) is 4.98. The largest absolute Gasteiger partial charge is 0.312 e. The van der Waals surface area contributed by atoms with Crippen LogP contribution in [0.4, 0.5) is 4.39 Å². The molecule has 2 nitrogen and oxygen atoms in total. The summed E-state index contributed by atoms with van der Waals surface area (Å²) in [5.41, 5.74) is 0.949. The lowest BCUT2D eigenvalue weighted by Gasteiger charge is -2.29. The quantitative estimate of drug-likeness (QED) is 0.905. The Morgan fingerprint density at radius 2 is 2.11 bits per heavy atom. The molecule has 0 spiro atoms. The first-order valence-corrected chi connectivity index (χ1v) is 6.86. The SMILES string of the molecule is CN1CCC(CNCc2ccc(Cl)c(F)c2)CC1. The highest BCUT2D eigenvalue weighted by Crippen LogP contribution is 2.17. The van der Waals surface area contributed by atoms with Crippen molar-refractivity contribution in [1.82, 2.24) is 10.2 Å². The molecule has 0 saturated carbocycles. The minimum atomic E-state index is -0.338. The van der Waals surface area contributed by atoms with E-state index >= 15 is 0 Å². The molecule has 100 valence electrons. The molecule has 1 aromatic carbocycles. The van der Waals surface area contributed by atoms with E-state index < -0.39 is 0 Å². The van der Waals surface area contributed by atoms with Gasteiger partial charge in [0.05, 0.1) is 5.02 Å². The van der Waals surface area contributed by atoms with E-state index in [-0.39, 0.29) is 10.8 Å². The summed E-state index contributed by atoms with van der Waals surface area (Å²) in [5.74, 6) is 0.411. The van der Waals surface area contributed by atoms with Gasteiger partial charge < -0.3 is 10.2 Å². The van der Waals surface area contributed by atoms with Gasteiger partial charge in [0, 0.05) is 6.54 Å². The summed E-state index contributed by atoms with van der Waals surface area (Å²) in [5, 5.41) is 3.59. The van der Waals surface area contributed by atoms with E-state index in [2.05, 4.69) is 17.3 Å². The van der Waals surface area contributed by atoms with Crippen LogP contribution in [0.5, 0.6) is 0 Å². The molecule has 1 N–H and O–H groups in total. The molecule has 2 rings (SSSR count). The summed E-state index contributed by atoms with van der Waals surface area (Å²) in [4.78, 5) is 2.37. The molecular formula is C14H20ClFN2. The average molecular weight is 271 g/mol. The molecule has 1 saturated heterocycles. The van der Waals surface area contributed by atoms with Crippen LogP contribution < -0.4 is 5.32 Å². The van der Waals surface area contributed by atoms with Gasteiger partial charge in [0.15, 0.2) is 0 Å². The third-order valence-electron chi connectivity index (χ3n) is 3.58. The number of nitrogens with one attached hydrogen (secondary N) is 1. The van der Waals surface area contributed by atoms with Gasteiger partial charge in [0.25, 0.3) is 0 Å². The van der Waals surface area contributed by atoms with Crippen LogP contribution in [0.1, 0.15) is 18.4 Å². The van der Waals surface area contributed by atoms with E-state index in [0.717, 1.165) is 18.0 Å². The number of hydrogen-bond acceptors (Lipinski definition) is 2. The van der Waals surface area contributed by atoms with Crippen molar-refractivity contribution in [1.29, 1.82) is 0 Å². The molecule has 0 bridgehead atoms. The normalized spacial score (nSPS) is 18.2. The Bertz CT molecular complexity index is 389. The van der Waals surface area contributed by atoms with E-state index in [1.54, 1.807) is 6.07 Å². The van der Waals surface area contributed by atoms with Crippen LogP contribution in [0.2, 0.25) is 5.02 Å². The monoisotopic (exact) mass is 270 g/mol. The number of piperidine rings is 1. The molecule has 0 atom stereocenters. The summed E-state index contributed by atoms with van der Waals surface area (Å²) >= 11 is 5.65. The summed E-state index contributed by atoms with van der Waals surface area (Å²) in [6.07, 6.45) is 2.50.